The number of aliphatic hydroxyl groups is 1. The largest absolute Gasteiger partial charge is 0.387 e. The number of aliphatic hydroxyl groups excluding tert-OH is 1. The summed E-state index contributed by atoms with van der Waals surface area (Å²) >= 11 is 0. The standard InChI is InChI=1S/C38H65N5O5/c1-3-5-6-7-8-9-10-11-12-13-14-15-16-17-18-21-36(45)39-32(4-2)34(44)23-25-37(46)40-33-22-24-35(42-26-19-28-47-30-42)41-38(33)43-27-20-29-48-31-43/h22-25,32,34,44H,3-21,26-31H2,1-2H3,(H,39,45)(H,40,46)/b25-23+/t32-,34+/m0/s1. The molecule has 0 saturated carbocycles. The molecule has 2 aliphatic heterocycles. The van der Waals surface area contributed by atoms with Crippen molar-refractivity contribution in [2.24, 2.45) is 0 Å². The lowest BCUT2D eigenvalue weighted by atomic mass is 10.0. The summed E-state index contributed by atoms with van der Waals surface area (Å²) in [7, 11) is 0. The molecule has 2 atom stereocenters. The van der Waals surface area contributed by atoms with Crippen molar-refractivity contribution < 1.29 is 24.2 Å². The van der Waals surface area contributed by atoms with Crippen LogP contribution in [-0.2, 0) is 19.1 Å². The molecule has 48 heavy (non-hydrogen) atoms. The van der Waals surface area contributed by atoms with E-state index in [1.165, 1.54) is 95.6 Å². The number of carbonyl (C=O) groups excluding carboxylic acids is 2. The summed E-state index contributed by atoms with van der Waals surface area (Å²) < 4.78 is 11.3. The van der Waals surface area contributed by atoms with Gasteiger partial charge in [0.25, 0.3) is 0 Å². The number of amides is 2. The fourth-order valence-electron chi connectivity index (χ4n) is 6.35. The Morgan fingerprint density at radius 2 is 1.40 bits per heavy atom. The molecule has 10 nitrogen and oxygen atoms in total. The molecule has 0 spiro atoms. The number of anilines is 3. The second-order valence-corrected chi connectivity index (χ2v) is 13.5. The Bertz CT molecular complexity index is 1060. The van der Waals surface area contributed by atoms with E-state index in [1.54, 1.807) is 0 Å². The van der Waals surface area contributed by atoms with Gasteiger partial charge in [-0.3, -0.25) is 9.59 Å². The third kappa shape index (κ3) is 15.7. The van der Waals surface area contributed by atoms with Gasteiger partial charge in [0.1, 0.15) is 19.3 Å². The summed E-state index contributed by atoms with van der Waals surface area (Å²) in [6, 6.07) is 3.29. The van der Waals surface area contributed by atoms with Gasteiger partial charge in [0.05, 0.1) is 31.0 Å². The zero-order valence-corrected chi connectivity index (χ0v) is 30.1. The number of pyridine rings is 1. The fraction of sp³-hybridized carbons (Fsp3) is 0.763. The maximum absolute atomic E-state index is 12.9. The van der Waals surface area contributed by atoms with Gasteiger partial charge in [0.2, 0.25) is 11.8 Å². The SMILES string of the molecule is CCCCCCCCCCCCCCCCCC(=O)N[C@@H](CC)[C@H](O)/C=C/C(=O)Nc1ccc(N2CCCOC2)nc1N1CCCOC1. The average molecular weight is 672 g/mol. The molecule has 2 saturated heterocycles. The Balaban J connectivity index is 1.33. The van der Waals surface area contributed by atoms with E-state index in [0.29, 0.717) is 44.4 Å². The second-order valence-electron chi connectivity index (χ2n) is 13.5. The quantitative estimate of drug-likeness (QED) is 0.0766. The van der Waals surface area contributed by atoms with Crippen LogP contribution in [0.3, 0.4) is 0 Å². The highest BCUT2D eigenvalue weighted by molar-refractivity contribution is 6.01. The molecule has 0 unspecified atom stereocenters. The summed E-state index contributed by atoms with van der Waals surface area (Å²) in [5.41, 5.74) is 0.579. The van der Waals surface area contributed by atoms with Crippen molar-refractivity contribution in [1.82, 2.24) is 10.3 Å². The molecule has 3 N–H and O–H groups in total. The van der Waals surface area contributed by atoms with Crippen LogP contribution in [-0.4, -0.2) is 73.8 Å². The highest BCUT2D eigenvalue weighted by Crippen LogP contribution is 2.29. The lowest BCUT2D eigenvalue weighted by Gasteiger charge is -2.32. The van der Waals surface area contributed by atoms with Crippen LogP contribution in [0.2, 0.25) is 0 Å². The first-order chi connectivity index (χ1) is 23.5. The van der Waals surface area contributed by atoms with Crippen LogP contribution in [0.1, 0.15) is 136 Å². The van der Waals surface area contributed by atoms with Crippen LogP contribution in [0.4, 0.5) is 17.3 Å². The van der Waals surface area contributed by atoms with Gasteiger partial charge in [-0.2, -0.15) is 0 Å². The van der Waals surface area contributed by atoms with Gasteiger partial charge in [-0.05, 0) is 43.9 Å². The zero-order valence-electron chi connectivity index (χ0n) is 30.1. The number of nitrogens with zero attached hydrogens (tertiary/aromatic N) is 3. The summed E-state index contributed by atoms with van der Waals surface area (Å²) in [6.45, 7) is 8.18. The van der Waals surface area contributed by atoms with E-state index in [1.807, 2.05) is 24.0 Å². The zero-order chi connectivity index (χ0) is 34.2. The van der Waals surface area contributed by atoms with E-state index in [-0.39, 0.29) is 11.8 Å². The fourth-order valence-corrected chi connectivity index (χ4v) is 6.35. The molecule has 3 heterocycles. The van der Waals surface area contributed by atoms with Crippen LogP contribution in [0.25, 0.3) is 0 Å². The van der Waals surface area contributed by atoms with E-state index in [2.05, 4.69) is 22.5 Å². The first kappa shape index (κ1) is 39.7. The highest BCUT2D eigenvalue weighted by Gasteiger charge is 2.22. The average Bonchev–Trinajstić information content (AvgIpc) is 3.12. The number of aromatic nitrogens is 1. The molecule has 1 aromatic rings. The molecule has 272 valence electrons. The number of rotatable bonds is 24. The van der Waals surface area contributed by atoms with Gasteiger partial charge in [-0.1, -0.05) is 104 Å². The third-order valence-corrected chi connectivity index (χ3v) is 9.32. The maximum atomic E-state index is 12.9. The Kier molecular flexibility index (Phi) is 20.2. The number of unbranched alkanes of at least 4 members (excludes halogenated alkanes) is 14. The van der Waals surface area contributed by atoms with Gasteiger partial charge in [-0.25, -0.2) is 4.98 Å². The predicted molar refractivity (Wildman–Crippen MR) is 195 cm³/mol. The van der Waals surface area contributed by atoms with E-state index >= 15 is 0 Å². The number of carbonyl (C=O) groups is 2. The number of ether oxygens (including phenoxy) is 2. The molecular weight excluding hydrogens is 606 g/mol. The van der Waals surface area contributed by atoms with Crippen LogP contribution in [0.5, 0.6) is 0 Å². The van der Waals surface area contributed by atoms with Crippen LogP contribution in [0, 0.1) is 0 Å². The molecule has 0 bridgehead atoms. The monoisotopic (exact) mass is 671 g/mol. The van der Waals surface area contributed by atoms with Crippen molar-refractivity contribution in [3.63, 3.8) is 0 Å². The van der Waals surface area contributed by atoms with Crippen molar-refractivity contribution in [3.8, 4) is 0 Å². The van der Waals surface area contributed by atoms with Crippen molar-refractivity contribution in [2.75, 3.05) is 54.9 Å². The normalized spacial score (nSPS) is 16.6. The Labute approximate surface area is 290 Å². The van der Waals surface area contributed by atoms with Crippen molar-refractivity contribution in [3.05, 3.63) is 24.3 Å². The third-order valence-electron chi connectivity index (χ3n) is 9.32. The summed E-state index contributed by atoms with van der Waals surface area (Å²) in [5.74, 6) is 1.03. The van der Waals surface area contributed by atoms with E-state index in [9.17, 15) is 14.7 Å². The van der Waals surface area contributed by atoms with Gasteiger partial charge in [0.15, 0.2) is 5.82 Å². The highest BCUT2D eigenvalue weighted by atomic mass is 16.5. The minimum absolute atomic E-state index is 0.0490. The maximum Gasteiger partial charge on any atom is 0.248 e. The Morgan fingerprint density at radius 3 is 1.94 bits per heavy atom. The lowest BCUT2D eigenvalue weighted by Crippen LogP contribution is -2.42. The first-order valence-electron chi connectivity index (χ1n) is 19.1. The lowest BCUT2D eigenvalue weighted by molar-refractivity contribution is -0.122. The van der Waals surface area contributed by atoms with Crippen molar-refractivity contribution in [1.29, 1.82) is 0 Å². The molecule has 2 fully saturated rings. The van der Waals surface area contributed by atoms with Gasteiger partial charge < -0.3 is 35.0 Å². The first-order valence-corrected chi connectivity index (χ1v) is 19.1. The molecule has 1 aromatic heterocycles. The minimum Gasteiger partial charge on any atom is -0.387 e. The molecule has 2 amide bonds. The smallest absolute Gasteiger partial charge is 0.248 e. The molecule has 3 rings (SSSR count). The molecule has 0 radical (unpaired) electrons. The molecule has 2 aliphatic rings. The number of nitrogens with one attached hydrogen (secondary N) is 2. The van der Waals surface area contributed by atoms with Crippen LogP contribution in [0.15, 0.2) is 24.3 Å². The Hall–Kier alpha value is -2.69. The second kappa shape index (κ2) is 24.4. The van der Waals surface area contributed by atoms with Crippen molar-refractivity contribution in [2.45, 2.75) is 148 Å². The van der Waals surface area contributed by atoms with E-state index in [4.69, 9.17) is 14.5 Å². The Morgan fingerprint density at radius 1 is 0.833 bits per heavy atom. The summed E-state index contributed by atoms with van der Waals surface area (Å²) in [4.78, 5) is 34.5. The summed E-state index contributed by atoms with van der Waals surface area (Å²) in [6.07, 6.45) is 24.0. The molecule has 10 heteroatoms. The van der Waals surface area contributed by atoms with E-state index < -0.39 is 12.1 Å². The minimum atomic E-state index is -0.972. The van der Waals surface area contributed by atoms with Crippen molar-refractivity contribution >= 4 is 29.1 Å². The predicted octanol–water partition coefficient (Wildman–Crippen LogP) is 7.46. The number of hydrogen-bond donors (Lipinski definition) is 3. The van der Waals surface area contributed by atoms with Crippen LogP contribution >= 0.6 is 0 Å². The molecular formula is C38H65N5O5. The molecule has 0 aliphatic carbocycles. The van der Waals surface area contributed by atoms with Gasteiger partial charge >= 0.3 is 0 Å². The van der Waals surface area contributed by atoms with Gasteiger partial charge in [-0.15, -0.1) is 0 Å². The summed E-state index contributed by atoms with van der Waals surface area (Å²) in [5, 5.41) is 16.7. The topological polar surface area (TPSA) is 116 Å². The van der Waals surface area contributed by atoms with Crippen LogP contribution < -0.4 is 20.4 Å². The number of hydrogen-bond acceptors (Lipinski definition) is 8. The van der Waals surface area contributed by atoms with E-state index in [0.717, 1.165) is 51.2 Å². The molecule has 0 aromatic carbocycles. The van der Waals surface area contributed by atoms with Gasteiger partial charge in [0, 0.05) is 25.6 Å².